The van der Waals surface area contributed by atoms with Gasteiger partial charge in [0.1, 0.15) is 0 Å². The van der Waals surface area contributed by atoms with Crippen LogP contribution in [0.4, 0.5) is 17.1 Å². The number of hydrogen-bond acceptors (Lipinski definition) is 4. The van der Waals surface area contributed by atoms with Gasteiger partial charge in [-0.25, -0.2) is 0 Å². The molecule has 1 aliphatic rings. The first-order chi connectivity index (χ1) is 16.5. The zero-order valence-corrected chi connectivity index (χ0v) is 19.8. The highest BCUT2D eigenvalue weighted by molar-refractivity contribution is 6.37. The summed E-state index contributed by atoms with van der Waals surface area (Å²) < 4.78 is 0. The first-order valence-electron chi connectivity index (χ1n) is 11.6. The first-order valence-corrected chi connectivity index (χ1v) is 11.6. The summed E-state index contributed by atoms with van der Waals surface area (Å²) in [5.74, 6) is -0.0818. The SMILES string of the molecule is CCN(CC)CC(=O)N(C)c1ccc(N/C(=C2\C(=O)Nc3ccccc32)c2ccccc2)cc1. The molecule has 0 aromatic heterocycles. The van der Waals surface area contributed by atoms with Crippen molar-refractivity contribution in [3.63, 3.8) is 0 Å². The molecule has 0 saturated carbocycles. The normalized spacial score (nSPS) is 13.9. The highest BCUT2D eigenvalue weighted by Gasteiger charge is 2.28. The van der Waals surface area contributed by atoms with Crippen LogP contribution in [0.1, 0.15) is 25.0 Å². The average Bonchev–Trinajstić information content (AvgIpc) is 3.21. The maximum absolute atomic E-state index is 12.9. The maximum atomic E-state index is 12.9. The number of anilines is 3. The van der Waals surface area contributed by atoms with Crippen molar-refractivity contribution in [2.24, 2.45) is 0 Å². The van der Waals surface area contributed by atoms with Crippen molar-refractivity contribution in [2.75, 3.05) is 42.2 Å². The van der Waals surface area contributed by atoms with Crippen LogP contribution in [0.5, 0.6) is 0 Å². The third kappa shape index (κ3) is 4.87. The number of likely N-dealkylation sites (N-methyl/N-ethyl adjacent to an activating group) is 2. The summed E-state index contributed by atoms with van der Waals surface area (Å²) in [6.07, 6.45) is 0. The summed E-state index contributed by atoms with van der Waals surface area (Å²) in [4.78, 5) is 29.4. The fourth-order valence-electron chi connectivity index (χ4n) is 4.05. The fraction of sp³-hybridized carbons (Fsp3) is 0.214. The third-order valence-electron chi connectivity index (χ3n) is 6.14. The number of para-hydroxylation sites is 1. The van der Waals surface area contributed by atoms with Crippen LogP contribution < -0.4 is 15.5 Å². The van der Waals surface area contributed by atoms with E-state index >= 15 is 0 Å². The van der Waals surface area contributed by atoms with E-state index < -0.39 is 0 Å². The number of amides is 2. The number of carbonyl (C=O) groups excluding carboxylic acids is 2. The molecule has 0 bridgehead atoms. The van der Waals surface area contributed by atoms with E-state index in [1.807, 2.05) is 78.9 Å². The average molecular weight is 455 g/mol. The van der Waals surface area contributed by atoms with Crippen molar-refractivity contribution in [1.82, 2.24) is 4.90 Å². The van der Waals surface area contributed by atoms with Crippen LogP contribution in [0.3, 0.4) is 0 Å². The zero-order valence-electron chi connectivity index (χ0n) is 19.8. The molecule has 1 aliphatic heterocycles. The van der Waals surface area contributed by atoms with Crippen molar-refractivity contribution in [1.29, 1.82) is 0 Å². The molecule has 0 fully saturated rings. The molecule has 2 amide bonds. The Balaban J connectivity index is 1.63. The first kappa shape index (κ1) is 23.3. The van der Waals surface area contributed by atoms with Crippen LogP contribution in [-0.2, 0) is 9.59 Å². The second-order valence-electron chi connectivity index (χ2n) is 8.20. The molecule has 1 heterocycles. The molecule has 6 heteroatoms. The molecule has 34 heavy (non-hydrogen) atoms. The number of rotatable bonds is 8. The molecule has 0 spiro atoms. The van der Waals surface area contributed by atoms with Crippen LogP contribution >= 0.6 is 0 Å². The van der Waals surface area contributed by atoms with E-state index in [0.717, 1.165) is 47.0 Å². The molecule has 6 nitrogen and oxygen atoms in total. The third-order valence-corrected chi connectivity index (χ3v) is 6.14. The van der Waals surface area contributed by atoms with Gasteiger partial charge in [0.25, 0.3) is 5.91 Å². The second-order valence-corrected chi connectivity index (χ2v) is 8.20. The molecular formula is C28H30N4O2. The van der Waals surface area contributed by atoms with Gasteiger partial charge < -0.3 is 15.5 Å². The minimum absolute atomic E-state index is 0.0516. The molecule has 0 radical (unpaired) electrons. The monoisotopic (exact) mass is 454 g/mol. The molecule has 0 aliphatic carbocycles. The van der Waals surface area contributed by atoms with Gasteiger partial charge in [0, 0.05) is 29.7 Å². The van der Waals surface area contributed by atoms with Gasteiger partial charge in [0.05, 0.1) is 17.8 Å². The van der Waals surface area contributed by atoms with E-state index in [1.54, 1.807) is 11.9 Å². The predicted octanol–water partition coefficient (Wildman–Crippen LogP) is 4.92. The van der Waals surface area contributed by atoms with Crippen LogP contribution in [0, 0.1) is 0 Å². The van der Waals surface area contributed by atoms with Gasteiger partial charge >= 0.3 is 0 Å². The molecule has 2 N–H and O–H groups in total. The van der Waals surface area contributed by atoms with Gasteiger partial charge in [0.15, 0.2) is 0 Å². The molecular weight excluding hydrogens is 424 g/mol. The molecule has 174 valence electrons. The van der Waals surface area contributed by atoms with Gasteiger partial charge in [-0.3, -0.25) is 14.5 Å². The van der Waals surface area contributed by atoms with Gasteiger partial charge in [-0.15, -0.1) is 0 Å². The largest absolute Gasteiger partial charge is 0.354 e. The lowest BCUT2D eigenvalue weighted by atomic mass is 10.00. The summed E-state index contributed by atoms with van der Waals surface area (Å²) in [5.41, 5.74) is 5.59. The fourth-order valence-corrected chi connectivity index (χ4v) is 4.05. The quantitative estimate of drug-likeness (QED) is 0.474. The zero-order chi connectivity index (χ0) is 24.1. The molecule has 3 aromatic rings. The van der Waals surface area contributed by atoms with E-state index in [0.29, 0.717) is 12.1 Å². The van der Waals surface area contributed by atoms with Gasteiger partial charge in [-0.2, -0.15) is 0 Å². The lowest BCUT2D eigenvalue weighted by Gasteiger charge is -2.23. The minimum Gasteiger partial charge on any atom is -0.354 e. The maximum Gasteiger partial charge on any atom is 0.258 e. The molecule has 0 unspecified atom stereocenters. The Kier molecular flexibility index (Phi) is 7.09. The Morgan fingerprint density at radius 2 is 1.53 bits per heavy atom. The van der Waals surface area contributed by atoms with Crippen LogP contribution in [0.15, 0.2) is 78.9 Å². The standard InChI is InChI=1S/C28H30N4O2/c1-4-32(5-2)19-25(33)31(3)22-17-15-21(16-18-22)29-27(20-11-7-6-8-12-20)26-23-13-9-10-14-24(23)30-28(26)34/h6-18,29H,4-5,19H2,1-3H3,(H,30,34)/b27-26-. The van der Waals surface area contributed by atoms with E-state index in [1.165, 1.54) is 0 Å². The lowest BCUT2D eigenvalue weighted by molar-refractivity contribution is -0.119. The van der Waals surface area contributed by atoms with E-state index in [4.69, 9.17) is 0 Å². The lowest BCUT2D eigenvalue weighted by Crippen LogP contribution is -2.38. The highest BCUT2D eigenvalue weighted by Crippen LogP contribution is 2.37. The molecule has 0 atom stereocenters. The Labute approximate surface area is 200 Å². The Bertz CT molecular complexity index is 1200. The van der Waals surface area contributed by atoms with E-state index in [2.05, 4.69) is 29.4 Å². The Morgan fingerprint density at radius 1 is 0.882 bits per heavy atom. The van der Waals surface area contributed by atoms with Crippen LogP contribution in [-0.4, -0.2) is 43.4 Å². The number of nitrogens with one attached hydrogen (secondary N) is 2. The van der Waals surface area contributed by atoms with Crippen molar-refractivity contribution < 1.29 is 9.59 Å². The summed E-state index contributed by atoms with van der Waals surface area (Å²) in [7, 11) is 1.80. The topological polar surface area (TPSA) is 64.7 Å². The summed E-state index contributed by atoms with van der Waals surface area (Å²) in [6, 6.07) is 25.2. The van der Waals surface area contributed by atoms with Crippen molar-refractivity contribution >= 4 is 40.1 Å². The van der Waals surface area contributed by atoms with Crippen molar-refractivity contribution in [3.8, 4) is 0 Å². The highest BCUT2D eigenvalue weighted by atomic mass is 16.2. The number of benzene rings is 3. The second kappa shape index (κ2) is 10.4. The smallest absolute Gasteiger partial charge is 0.258 e. The number of hydrogen-bond donors (Lipinski definition) is 2. The van der Waals surface area contributed by atoms with Gasteiger partial charge in [-0.1, -0.05) is 62.4 Å². The summed E-state index contributed by atoms with van der Waals surface area (Å²) in [6.45, 7) is 6.18. The van der Waals surface area contributed by atoms with Crippen LogP contribution in [0.25, 0.3) is 11.3 Å². The Morgan fingerprint density at radius 3 is 2.21 bits per heavy atom. The predicted molar refractivity (Wildman–Crippen MR) is 140 cm³/mol. The summed E-state index contributed by atoms with van der Waals surface area (Å²) >= 11 is 0. The van der Waals surface area contributed by atoms with E-state index in [9.17, 15) is 9.59 Å². The number of fused-ring (bicyclic) bond motifs is 1. The Hall–Kier alpha value is -3.90. The minimum atomic E-state index is -0.133. The summed E-state index contributed by atoms with van der Waals surface area (Å²) in [5, 5.41) is 6.42. The van der Waals surface area contributed by atoms with Crippen LogP contribution in [0.2, 0.25) is 0 Å². The van der Waals surface area contributed by atoms with Crippen molar-refractivity contribution in [2.45, 2.75) is 13.8 Å². The molecule has 0 saturated heterocycles. The van der Waals surface area contributed by atoms with E-state index in [-0.39, 0.29) is 11.8 Å². The molecule has 3 aromatic carbocycles. The van der Waals surface area contributed by atoms with Crippen molar-refractivity contribution in [3.05, 3.63) is 90.0 Å². The molecule has 4 rings (SSSR count). The number of carbonyl (C=O) groups is 2. The number of nitrogens with zero attached hydrogens (tertiary/aromatic N) is 2. The van der Waals surface area contributed by atoms with Gasteiger partial charge in [0.2, 0.25) is 5.91 Å². The van der Waals surface area contributed by atoms with Gasteiger partial charge in [-0.05, 0) is 49.0 Å².